The molecule has 1 saturated carbocycles. The van der Waals surface area contributed by atoms with E-state index in [9.17, 15) is 0 Å². The highest BCUT2D eigenvalue weighted by Crippen LogP contribution is 2.42. The van der Waals surface area contributed by atoms with E-state index >= 15 is 0 Å². The van der Waals surface area contributed by atoms with Crippen LogP contribution >= 0.6 is 11.8 Å². The summed E-state index contributed by atoms with van der Waals surface area (Å²) in [5.41, 5.74) is 0.561. The molecule has 16 heavy (non-hydrogen) atoms. The lowest BCUT2D eigenvalue weighted by atomic mass is 9.84. The van der Waals surface area contributed by atoms with Gasteiger partial charge in [0.1, 0.15) is 6.07 Å². The summed E-state index contributed by atoms with van der Waals surface area (Å²) in [7, 11) is 0. The van der Waals surface area contributed by atoms with Gasteiger partial charge >= 0.3 is 0 Å². The summed E-state index contributed by atoms with van der Waals surface area (Å²) in [5.74, 6) is 0.602. The van der Waals surface area contributed by atoms with E-state index in [1.165, 1.54) is 25.5 Å². The third kappa shape index (κ3) is 2.12. The van der Waals surface area contributed by atoms with Crippen molar-refractivity contribution in [3.63, 3.8) is 0 Å². The number of thioether (sulfide) groups is 1. The van der Waals surface area contributed by atoms with Gasteiger partial charge in [0, 0.05) is 11.3 Å². The fraction of sp³-hybridized carbons (Fsp3) is 0.545. The quantitative estimate of drug-likeness (QED) is 0.864. The number of aromatic nitrogens is 2. The van der Waals surface area contributed by atoms with E-state index in [2.05, 4.69) is 27.8 Å². The summed E-state index contributed by atoms with van der Waals surface area (Å²) < 4.78 is 0.338. The van der Waals surface area contributed by atoms with E-state index in [0.717, 1.165) is 6.54 Å². The van der Waals surface area contributed by atoms with Gasteiger partial charge in [0.2, 0.25) is 0 Å². The molecule has 0 saturated heterocycles. The van der Waals surface area contributed by atoms with Gasteiger partial charge < -0.3 is 5.32 Å². The van der Waals surface area contributed by atoms with E-state index < -0.39 is 0 Å². The second-order valence-corrected chi connectivity index (χ2v) is 5.27. The van der Waals surface area contributed by atoms with Crippen molar-refractivity contribution in [2.45, 2.75) is 24.0 Å². The average molecular weight is 234 g/mol. The fourth-order valence-electron chi connectivity index (χ4n) is 1.82. The van der Waals surface area contributed by atoms with Gasteiger partial charge in [-0.1, -0.05) is 6.42 Å². The van der Waals surface area contributed by atoms with Crippen molar-refractivity contribution in [1.82, 2.24) is 10.2 Å². The van der Waals surface area contributed by atoms with Crippen molar-refractivity contribution < 1.29 is 0 Å². The highest BCUT2D eigenvalue weighted by Gasteiger charge is 2.36. The van der Waals surface area contributed by atoms with Gasteiger partial charge in [-0.25, -0.2) is 0 Å². The Balaban J connectivity index is 2.02. The highest BCUT2D eigenvalue weighted by atomic mass is 32.2. The molecule has 1 aliphatic carbocycles. The topological polar surface area (TPSA) is 61.6 Å². The minimum Gasteiger partial charge on any atom is -0.366 e. The van der Waals surface area contributed by atoms with Crippen molar-refractivity contribution in [2.75, 3.05) is 18.1 Å². The lowest BCUT2D eigenvalue weighted by Gasteiger charge is -2.40. The Labute approximate surface area is 99.5 Å². The number of hydrogen-bond acceptors (Lipinski definition) is 5. The third-order valence-corrected chi connectivity index (χ3v) is 4.54. The molecule has 1 heterocycles. The fourth-order valence-corrected chi connectivity index (χ4v) is 2.73. The molecular formula is C11H14N4S. The zero-order chi connectivity index (χ0) is 11.4. The average Bonchev–Trinajstić information content (AvgIpc) is 2.29. The van der Waals surface area contributed by atoms with Crippen LogP contribution in [0.3, 0.4) is 0 Å². The molecule has 0 radical (unpaired) electrons. The Morgan fingerprint density at radius 1 is 1.62 bits per heavy atom. The number of hydrogen-bond donors (Lipinski definition) is 1. The van der Waals surface area contributed by atoms with E-state index in [4.69, 9.17) is 5.26 Å². The van der Waals surface area contributed by atoms with E-state index in [0.29, 0.717) is 16.1 Å². The number of nitriles is 1. The van der Waals surface area contributed by atoms with Crippen LogP contribution in [0.5, 0.6) is 0 Å². The van der Waals surface area contributed by atoms with Crippen molar-refractivity contribution in [3.8, 4) is 6.07 Å². The van der Waals surface area contributed by atoms with Gasteiger partial charge in [-0.05, 0) is 25.2 Å². The SMILES string of the molecule is CSC1(CNc2nnccc2C#N)CCC1. The molecule has 0 amide bonds. The van der Waals surface area contributed by atoms with Gasteiger partial charge in [-0.3, -0.25) is 0 Å². The molecule has 1 N–H and O–H groups in total. The molecule has 0 unspecified atom stereocenters. The summed E-state index contributed by atoms with van der Waals surface area (Å²) in [6.45, 7) is 0.863. The molecule has 1 fully saturated rings. The number of nitrogens with zero attached hydrogens (tertiary/aromatic N) is 3. The molecule has 2 rings (SSSR count). The molecule has 5 heteroatoms. The Bertz CT molecular complexity index is 403. The summed E-state index contributed by atoms with van der Waals surface area (Å²) in [4.78, 5) is 0. The smallest absolute Gasteiger partial charge is 0.166 e. The van der Waals surface area contributed by atoms with Crippen molar-refractivity contribution in [2.24, 2.45) is 0 Å². The first-order valence-corrected chi connectivity index (χ1v) is 6.53. The molecule has 4 nitrogen and oxygen atoms in total. The van der Waals surface area contributed by atoms with Gasteiger partial charge in [0.15, 0.2) is 5.82 Å². The van der Waals surface area contributed by atoms with Crippen LogP contribution in [-0.2, 0) is 0 Å². The van der Waals surface area contributed by atoms with Gasteiger partial charge in [-0.15, -0.1) is 5.10 Å². The Kier molecular flexibility index (Phi) is 3.30. The molecule has 0 spiro atoms. The maximum absolute atomic E-state index is 8.91. The number of rotatable bonds is 4. The lowest BCUT2D eigenvalue weighted by Crippen LogP contribution is -2.40. The predicted molar refractivity (Wildman–Crippen MR) is 65.3 cm³/mol. The first-order chi connectivity index (χ1) is 7.79. The number of anilines is 1. The number of nitrogens with one attached hydrogen (secondary N) is 1. The zero-order valence-electron chi connectivity index (χ0n) is 9.23. The predicted octanol–water partition coefficient (Wildman–Crippen LogP) is 2.05. The molecule has 84 valence electrons. The molecule has 0 aliphatic heterocycles. The second-order valence-electron chi connectivity index (χ2n) is 4.00. The van der Waals surface area contributed by atoms with E-state index in [1.807, 2.05) is 11.8 Å². The maximum atomic E-state index is 8.91. The lowest BCUT2D eigenvalue weighted by molar-refractivity contribution is 0.379. The Morgan fingerprint density at radius 3 is 3.00 bits per heavy atom. The van der Waals surface area contributed by atoms with Crippen molar-refractivity contribution in [1.29, 1.82) is 5.26 Å². The van der Waals surface area contributed by atoms with Crippen LogP contribution in [-0.4, -0.2) is 27.7 Å². The minimum absolute atomic E-state index is 0.338. The first-order valence-electron chi connectivity index (χ1n) is 5.30. The normalized spacial score (nSPS) is 17.2. The molecule has 0 atom stereocenters. The summed E-state index contributed by atoms with van der Waals surface area (Å²) in [6, 6.07) is 3.80. The largest absolute Gasteiger partial charge is 0.366 e. The van der Waals surface area contributed by atoms with Crippen LogP contribution in [0.2, 0.25) is 0 Å². The van der Waals surface area contributed by atoms with Crippen molar-refractivity contribution >= 4 is 17.6 Å². The Morgan fingerprint density at radius 2 is 2.44 bits per heavy atom. The van der Waals surface area contributed by atoms with Crippen LogP contribution < -0.4 is 5.32 Å². The van der Waals surface area contributed by atoms with Crippen LogP contribution in [0.4, 0.5) is 5.82 Å². The van der Waals surface area contributed by atoms with Gasteiger partial charge in [0.05, 0.1) is 11.8 Å². The first kappa shape index (κ1) is 11.2. The van der Waals surface area contributed by atoms with Crippen molar-refractivity contribution in [3.05, 3.63) is 17.8 Å². The molecule has 0 aromatic carbocycles. The second kappa shape index (κ2) is 4.71. The van der Waals surface area contributed by atoms with Crippen LogP contribution in [0.15, 0.2) is 12.3 Å². The maximum Gasteiger partial charge on any atom is 0.166 e. The van der Waals surface area contributed by atoms with E-state index in [-0.39, 0.29) is 0 Å². The molecular weight excluding hydrogens is 220 g/mol. The van der Waals surface area contributed by atoms with E-state index in [1.54, 1.807) is 6.07 Å². The van der Waals surface area contributed by atoms with Crippen LogP contribution in [0.1, 0.15) is 24.8 Å². The standard InChI is InChI=1S/C11H14N4S/c1-16-11(4-2-5-11)8-13-10-9(7-12)3-6-14-15-10/h3,6H,2,4-5,8H2,1H3,(H,13,15). The zero-order valence-corrected chi connectivity index (χ0v) is 10.0. The van der Waals surface area contributed by atoms with Crippen LogP contribution in [0.25, 0.3) is 0 Å². The minimum atomic E-state index is 0.338. The molecule has 1 aromatic rings. The molecule has 1 aliphatic rings. The summed E-state index contributed by atoms with van der Waals surface area (Å²) in [6.07, 6.45) is 7.46. The summed E-state index contributed by atoms with van der Waals surface area (Å²) >= 11 is 1.90. The molecule has 0 bridgehead atoms. The van der Waals surface area contributed by atoms with Gasteiger partial charge in [-0.2, -0.15) is 22.1 Å². The third-order valence-electron chi connectivity index (χ3n) is 3.12. The highest BCUT2D eigenvalue weighted by molar-refractivity contribution is 8.00. The monoisotopic (exact) mass is 234 g/mol. The van der Waals surface area contributed by atoms with Gasteiger partial charge in [0.25, 0.3) is 0 Å². The van der Waals surface area contributed by atoms with Crippen LogP contribution in [0, 0.1) is 11.3 Å². The summed E-state index contributed by atoms with van der Waals surface area (Å²) in [5, 5.41) is 19.9. The Hall–Kier alpha value is -1.28. The molecule has 1 aromatic heterocycles.